The second kappa shape index (κ2) is 7.23. The van der Waals surface area contributed by atoms with Crippen molar-refractivity contribution in [3.05, 3.63) is 47.3 Å². The van der Waals surface area contributed by atoms with Crippen molar-refractivity contribution in [1.29, 1.82) is 0 Å². The Bertz CT molecular complexity index is 902. The number of carbonyl (C=O) groups is 1. The number of nitrogens with one attached hydrogen (secondary N) is 1. The van der Waals surface area contributed by atoms with Crippen LogP contribution in [0.2, 0.25) is 0 Å². The number of rotatable bonds is 5. The van der Waals surface area contributed by atoms with E-state index >= 15 is 0 Å². The second-order valence-electron chi connectivity index (χ2n) is 6.27. The number of fused-ring (bicyclic) bond motifs is 1. The predicted molar refractivity (Wildman–Crippen MR) is 100 cm³/mol. The van der Waals surface area contributed by atoms with Gasteiger partial charge in [-0.2, -0.15) is 0 Å². The number of nitrogens with zero attached hydrogens (tertiary/aromatic N) is 4. The van der Waals surface area contributed by atoms with Gasteiger partial charge in [0.1, 0.15) is 0 Å². The van der Waals surface area contributed by atoms with Crippen molar-refractivity contribution in [3.63, 3.8) is 0 Å². The molecule has 0 spiro atoms. The van der Waals surface area contributed by atoms with Crippen molar-refractivity contribution in [1.82, 2.24) is 19.6 Å². The van der Waals surface area contributed by atoms with Crippen LogP contribution < -0.4 is 5.32 Å². The molecule has 1 aromatic carbocycles. The third kappa shape index (κ3) is 3.99. The fourth-order valence-electron chi connectivity index (χ4n) is 2.57. The molecule has 0 atom stereocenters. The molecular weight excluding hydrogens is 334 g/mol. The van der Waals surface area contributed by atoms with Gasteiger partial charge in [-0.3, -0.25) is 9.20 Å². The Morgan fingerprint density at radius 3 is 2.60 bits per heavy atom. The monoisotopic (exact) mass is 355 g/mol. The van der Waals surface area contributed by atoms with Crippen LogP contribution in [-0.4, -0.2) is 31.2 Å². The molecule has 0 bridgehead atoms. The molecule has 3 aromatic rings. The van der Waals surface area contributed by atoms with E-state index in [1.54, 1.807) is 0 Å². The van der Waals surface area contributed by atoms with Crippen molar-refractivity contribution in [3.8, 4) is 0 Å². The minimum Gasteiger partial charge on any atom is -0.325 e. The summed E-state index contributed by atoms with van der Waals surface area (Å²) in [4.78, 5) is 16.5. The zero-order chi connectivity index (χ0) is 18.0. The molecule has 25 heavy (non-hydrogen) atoms. The van der Waals surface area contributed by atoms with E-state index < -0.39 is 0 Å². The zero-order valence-corrected chi connectivity index (χ0v) is 15.6. The van der Waals surface area contributed by atoms with Gasteiger partial charge < -0.3 is 5.32 Å². The fourth-order valence-corrected chi connectivity index (χ4v) is 3.36. The van der Waals surface area contributed by atoms with Crippen molar-refractivity contribution in [2.75, 3.05) is 11.1 Å². The largest absolute Gasteiger partial charge is 0.325 e. The lowest BCUT2D eigenvalue weighted by Gasteiger charge is -2.08. The Morgan fingerprint density at radius 1 is 1.20 bits per heavy atom. The van der Waals surface area contributed by atoms with Gasteiger partial charge in [-0.25, -0.2) is 4.98 Å². The number of amides is 1. The first-order chi connectivity index (χ1) is 11.9. The number of hydrogen-bond donors (Lipinski definition) is 1. The Balaban J connectivity index is 1.64. The third-order valence-electron chi connectivity index (χ3n) is 3.86. The molecule has 130 valence electrons. The van der Waals surface area contributed by atoms with E-state index in [0.717, 1.165) is 17.1 Å². The number of benzene rings is 1. The standard InChI is InChI=1S/C18H21N5OS/c1-11(2)14-5-7-15(8-6-14)20-16(24)10-25-18-22-21-17-19-12(3)9-13(4)23(17)18/h5-9,11H,10H2,1-4H3,(H,20,24). The number of thioether (sulfide) groups is 1. The summed E-state index contributed by atoms with van der Waals surface area (Å²) in [6.45, 7) is 8.19. The van der Waals surface area contributed by atoms with E-state index in [0.29, 0.717) is 16.9 Å². The molecule has 7 heteroatoms. The van der Waals surface area contributed by atoms with Crippen LogP contribution in [0.3, 0.4) is 0 Å². The molecule has 6 nitrogen and oxygen atoms in total. The average Bonchev–Trinajstić information content (AvgIpc) is 2.96. The maximum atomic E-state index is 12.2. The molecule has 0 saturated heterocycles. The number of aryl methyl sites for hydroxylation is 2. The van der Waals surface area contributed by atoms with Crippen LogP contribution in [0.15, 0.2) is 35.5 Å². The van der Waals surface area contributed by atoms with Crippen LogP contribution in [0.25, 0.3) is 5.78 Å². The maximum Gasteiger partial charge on any atom is 0.256 e. The van der Waals surface area contributed by atoms with Gasteiger partial charge in [0.05, 0.1) is 5.75 Å². The maximum absolute atomic E-state index is 12.2. The number of aromatic nitrogens is 4. The quantitative estimate of drug-likeness (QED) is 0.708. The molecule has 3 rings (SSSR count). The van der Waals surface area contributed by atoms with Gasteiger partial charge >= 0.3 is 0 Å². The second-order valence-corrected chi connectivity index (χ2v) is 7.21. The van der Waals surface area contributed by atoms with Crippen LogP contribution in [-0.2, 0) is 4.79 Å². The van der Waals surface area contributed by atoms with E-state index in [1.807, 2.05) is 48.6 Å². The van der Waals surface area contributed by atoms with Crippen LogP contribution in [0, 0.1) is 13.8 Å². The highest BCUT2D eigenvalue weighted by Crippen LogP contribution is 2.20. The first-order valence-electron chi connectivity index (χ1n) is 8.16. The van der Waals surface area contributed by atoms with Crippen LogP contribution >= 0.6 is 11.8 Å². The fraction of sp³-hybridized carbons (Fsp3) is 0.333. The minimum absolute atomic E-state index is 0.0724. The lowest BCUT2D eigenvalue weighted by atomic mass is 10.0. The van der Waals surface area contributed by atoms with Gasteiger partial charge in [0.15, 0.2) is 5.16 Å². The van der Waals surface area contributed by atoms with Crippen molar-refractivity contribution in [2.24, 2.45) is 0 Å². The first kappa shape index (κ1) is 17.4. The summed E-state index contributed by atoms with van der Waals surface area (Å²) in [5.74, 6) is 1.23. The van der Waals surface area contributed by atoms with Gasteiger partial charge in [0.25, 0.3) is 5.78 Å². The Hall–Kier alpha value is -2.41. The normalized spacial score (nSPS) is 11.2. The SMILES string of the molecule is Cc1cc(C)n2c(SCC(=O)Nc3ccc(C(C)C)cc3)nnc2n1. The molecule has 2 aromatic heterocycles. The van der Waals surface area contributed by atoms with Crippen LogP contribution in [0.1, 0.15) is 36.7 Å². The number of anilines is 1. The lowest BCUT2D eigenvalue weighted by Crippen LogP contribution is -2.14. The molecule has 0 unspecified atom stereocenters. The Morgan fingerprint density at radius 2 is 1.92 bits per heavy atom. The van der Waals surface area contributed by atoms with Gasteiger partial charge in [-0.1, -0.05) is 37.7 Å². The molecule has 1 N–H and O–H groups in total. The Kier molecular flexibility index (Phi) is 5.03. The van der Waals surface area contributed by atoms with Gasteiger partial charge in [0.2, 0.25) is 5.91 Å². The molecule has 0 aliphatic rings. The summed E-state index contributed by atoms with van der Waals surface area (Å²) in [7, 11) is 0. The highest BCUT2D eigenvalue weighted by atomic mass is 32.2. The topological polar surface area (TPSA) is 72.2 Å². The Labute approximate surface area is 151 Å². The van der Waals surface area contributed by atoms with Crippen LogP contribution in [0.4, 0.5) is 5.69 Å². The number of carbonyl (C=O) groups excluding carboxylic acids is 1. The smallest absolute Gasteiger partial charge is 0.256 e. The third-order valence-corrected chi connectivity index (χ3v) is 4.79. The first-order valence-corrected chi connectivity index (χ1v) is 9.14. The van der Waals surface area contributed by atoms with Gasteiger partial charge in [-0.05, 0) is 43.5 Å². The summed E-state index contributed by atoms with van der Waals surface area (Å²) < 4.78 is 1.86. The molecule has 0 aliphatic carbocycles. The summed E-state index contributed by atoms with van der Waals surface area (Å²) in [6, 6.07) is 9.91. The highest BCUT2D eigenvalue weighted by molar-refractivity contribution is 7.99. The zero-order valence-electron chi connectivity index (χ0n) is 14.8. The summed E-state index contributed by atoms with van der Waals surface area (Å²) in [5, 5.41) is 11.8. The van der Waals surface area contributed by atoms with E-state index in [9.17, 15) is 4.79 Å². The van der Waals surface area contributed by atoms with Crippen molar-refractivity contribution < 1.29 is 4.79 Å². The predicted octanol–water partition coefficient (Wildman–Crippen LogP) is 3.60. The molecule has 0 aliphatic heterocycles. The molecule has 2 heterocycles. The lowest BCUT2D eigenvalue weighted by molar-refractivity contribution is -0.113. The summed E-state index contributed by atoms with van der Waals surface area (Å²) in [6.07, 6.45) is 0. The van der Waals surface area contributed by atoms with Crippen molar-refractivity contribution in [2.45, 2.75) is 38.8 Å². The summed E-state index contributed by atoms with van der Waals surface area (Å²) >= 11 is 1.35. The van der Waals surface area contributed by atoms with E-state index in [-0.39, 0.29) is 11.7 Å². The van der Waals surface area contributed by atoms with E-state index in [1.165, 1.54) is 17.3 Å². The van der Waals surface area contributed by atoms with Gasteiger partial charge in [-0.15, -0.1) is 10.2 Å². The average molecular weight is 355 g/mol. The van der Waals surface area contributed by atoms with Gasteiger partial charge in [0, 0.05) is 17.1 Å². The molecule has 0 saturated carbocycles. The molecule has 0 fully saturated rings. The summed E-state index contributed by atoms with van der Waals surface area (Å²) in [5.41, 5.74) is 3.95. The molecular formula is C18H21N5OS. The number of hydrogen-bond acceptors (Lipinski definition) is 5. The minimum atomic E-state index is -0.0724. The van der Waals surface area contributed by atoms with Crippen LogP contribution in [0.5, 0.6) is 0 Å². The van der Waals surface area contributed by atoms with E-state index in [4.69, 9.17) is 0 Å². The van der Waals surface area contributed by atoms with Crippen molar-refractivity contribution >= 4 is 29.1 Å². The molecule has 0 radical (unpaired) electrons. The highest BCUT2D eigenvalue weighted by Gasteiger charge is 2.12. The molecule has 1 amide bonds. The van der Waals surface area contributed by atoms with E-state index in [2.05, 4.69) is 34.3 Å².